The van der Waals surface area contributed by atoms with Gasteiger partial charge in [0.2, 0.25) is 5.91 Å². The molecule has 0 bridgehead atoms. The van der Waals surface area contributed by atoms with E-state index in [1.807, 2.05) is 4.90 Å². The summed E-state index contributed by atoms with van der Waals surface area (Å²) < 4.78 is 24.3. The Bertz CT molecular complexity index is 577. The van der Waals surface area contributed by atoms with Crippen LogP contribution in [0.2, 0.25) is 0 Å². The highest BCUT2D eigenvalue weighted by molar-refractivity contribution is 5.79. The first kappa shape index (κ1) is 16.2. The zero-order valence-corrected chi connectivity index (χ0v) is 13.8. The van der Waals surface area contributed by atoms with Crippen molar-refractivity contribution in [3.63, 3.8) is 0 Å². The number of hydrogen-bond donors (Lipinski definition) is 0. The summed E-state index contributed by atoms with van der Waals surface area (Å²) >= 11 is 0. The van der Waals surface area contributed by atoms with Crippen LogP contribution in [-0.2, 0) is 16.0 Å². The fraction of sp³-hybridized carbons (Fsp3) is 0.611. The number of ether oxygens (including phenoxy) is 2. The maximum atomic E-state index is 13.3. The molecule has 5 heteroatoms. The molecular formula is C18H24FNO3. The van der Waals surface area contributed by atoms with Gasteiger partial charge in [0.05, 0.1) is 26.2 Å². The number of amides is 1. The van der Waals surface area contributed by atoms with Crippen molar-refractivity contribution in [1.82, 2.24) is 4.90 Å². The van der Waals surface area contributed by atoms with Crippen LogP contribution < -0.4 is 4.74 Å². The Labute approximate surface area is 136 Å². The van der Waals surface area contributed by atoms with Crippen molar-refractivity contribution in [3.8, 4) is 5.75 Å². The maximum Gasteiger partial charge on any atom is 0.227 e. The highest BCUT2D eigenvalue weighted by Gasteiger charge is 2.40. The van der Waals surface area contributed by atoms with Crippen LogP contribution in [0.3, 0.4) is 0 Å². The number of methoxy groups -OCH3 is 1. The summed E-state index contributed by atoms with van der Waals surface area (Å²) in [4.78, 5) is 14.5. The molecule has 1 aromatic carbocycles. The molecule has 2 saturated heterocycles. The normalized spacial score (nSPS) is 26.9. The lowest BCUT2D eigenvalue weighted by Gasteiger charge is -2.35. The lowest BCUT2D eigenvalue weighted by Crippen LogP contribution is -2.45. The molecular weight excluding hydrogens is 297 g/mol. The predicted molar refractivity (Wildman–Crippen MR) is 84.9 cm³/mol. The maximum absolute atomic E-state index is 13.3. The molecule has 2 fully saturated rings. The molecule has 3 atom stereocenters. The first-order valence-corrected chi connectivity index (χ1v) is 8.34. The minimum absolute atomic E-state index is 0.0771. The van der Waals surface area contributed by atoms with Crippen molar-refractivity contribution in [2.24, 2.45) is 11.8 Å². The van der Waals surface area contributed by atoms with E-state index in [1.165, 1.54) is 19.2 Å². The van der Waals surface area contributed by atoms with Crippen molar-refractivity contribution in [1.29, 1.82) is 0 Å². The Kier molecular flexibility index (Phi) is 4.85. The number of rotatable bonds is 4. The number of halogens is 1. The molecule has 1 aromatic rings. The van der Waals surface area contributed by atoms with Crippen molar-refractivity contribution in [2.45, 2.75) is 32.3 Å². The van der Waals surface area contributed by atoms with Gasteiger partial charge >= 0.3 is 0 Å². The molecule has 4 nitrogen and oxygen atoms in total. The Morgan fingerprint density at radius 3 is 3.04 bits per heavy atom. The number of carbonyl (C=O) groups is 1. The molecule has 0 saturated carbocycles. The van der Waals surface area contributed by atoms with E-state index in [-0.39, 0.29) is 18.1 Å². The van der Waals surface area contributed by atoms with Gasteiger partial charge in [0.1, 0.15) is 11.6 Å². The second-order valence-electron chi connectivity index (χ2n) is 6.47. The van der Waals surface area contributed by atoms with E-state index >= 15 is 0 Å². The molecule has 0 spiro atoms. The standard InChI is InChI=1S/C18H24FNO3/c1-3-16-15-6-7-20(10-13(15)11-23-16)18(21)8-12-4-5-14(19)9-17(12)22-2/h4-5,9,13,15-16H,3,6-8,10-11H2,1-2H3/t13-,15-,16+/m1/s1. The van der Waals surface area contributed by atoms with Crippen LogP contribution in [0, 0.1) is 17.7 Å². The Morgan fingerprint density at radius 2 is 2.30 bits per heavy atom. The first-order chi connectivity index (χ1) is 11.1. The third-order valence-corrected chi connectivity index (χ3v) is 5.14. The number of piperidine rings is 1. The fourth-order valence-electron chi connectivity index (χ4n) is 3.87. The minimum atomic E-state index is -0.354. The molecule has 0 aromatic heterocycles. The lowest BCUT2D eigenvalue weighted by atomic mass is 9.83. The van der Waals surface area contributed by atoms with Crippen molar-refractivity contribution in [3.05, 3.63) is 29.6 Å². The molecule has 2 aliphatic rings. The second kappa shape index (κ2) is 6.87. The Morgan fingerprint density at radius 1 is 1.48 bits per heavy atom. The highest BCUT2D eigenvalue weighted by Crippen LogP contribution is 2.36. The van der Waals surface area contributed by atoms with E-state index in [4.69, 9.17) is 9.47 Å². The molecule has 2 heterocycles. The number of hydrogen-bond acceptors (Lipinski definition) is 3. The lowest BCUT2D eigenvalue weighted by molar-refractivity contribution is -0.132. The zero-order chi connectivity index (χ0) is 16.4. The van der Waals surface area contributed by atoms with Gasteiger partial charge in [-0.1, -0.05) is 13.0 Å². The summed E-state index contributed by atoms with van der Waals surface area (Å²) in [6.45, 7) is 4.46. The van der Waals surface area contributed by atoms with Gasteiger partial charge in [-0.2, -0.15) is 0 Å². The van der Waals surface area contributed by atoms with E-state index in [9.17, 15) is 9.18 Å². The molecule has 23 heavy (non-hydrogen) atoms. The summed E-state index contributed by atoms with van der Waals surface area (Å²) in [5, 5.41) is 0. The van der Waals surface area contributed by atoms with Crippen molar-refractivity contribution < 1.29 is 18.7 Å². The number of benzene rings is 1. The van der Waals surface area contributed by atoms with Gasteiger partial charge in [-0.25, -0.2) is 4.39 Å². The SMILES string of the molecule is CC[C@@H]1OC[C@H]2CN(C(=O)Cc3ccc(F)cc3OC)CC[C@H]21. The summed E-state index contributed by atoms with van der Waals surface area (Å²) in [6.07, 6.45) is 2.66. The molecule has 2 aliphatic heterocycles. The van der Waals surface area contributed by atoms with Crippen LogP contribution in [0.4, 0.5) is 4.39 Å². The Hall–Kier alpha value is -1.62. The quantitative estimate of drug-likeness (QED) is 0.856. The monoisotopic (exact) mass is 321 g/mol. The van der Waals surface area contributed by atoms with Crippen LogP contribution in [0.5, 0.6) is 5.75 Å². The molecule has 126 valence electrons. The second-order valence-corrected chi connectivity index (χ2v) is 6.47. The topological polar surface area (TPSA) is 38.8 Å². The van der Waals surface area contributed by atoms with Gasteiger partial charge < -0.3 is 14.4 Å². The molecule has 3 rings (SSSR count). The molecule has 0 N–H and O–H groups in total. The molecule has 0 radical (unpaired) electrons. The Balaban J connectivity index is 1.64. The van der Waals surface area contributed by atoms with Gasteiger partial charge in [-0.05, 0) is 24.8 Å². The van der Waals surface area contributed by atoms with Crippen LogP contribution in [0.1, 0.15) is 25.3 Å². The van der Waals surface area contributed by atoms with Crippen molar-refractivity contribution >= 4 is 5.91 Å². The van der Waals surface area contributed by atoms with Gasteiger partial charge in [-0.15, -0.1) is 0 Å². The predicted octanol–water partition coefficient (Wildman–Crippen LogP) is 2.65. The summed E-state index contributed by atoms with van der Waals surface area (Å²) in [7, 11) is 1.50. The highest BCUT2D eigenvalue weighted by atomic mass is 19.1. The summed E-state index contributed by atoms with van der Waals surface area (Å²) in [5.74, 6) is 1.20. The smallest absolute Gasteiger partial charge is 0.227 e. The molecule has 0 unspecified atom stereocenters. The third-order valence-electron chi connectivity index (χ3n) is 5.14. The average molecular weight is 321 g/mol. The van der Waals surface area contributed by atoms with Crippen LogP contribution in [0.15, 0.2) is 18.2 Å². The van der Waals surface area contributed by atoms with Crippen LogP contribution in [0.25, 0.3) is 0 Å². The number of nitrogens with zero attached hydrogens (tertiary/aromatic N) is 1. The van der Waals surface area contributed by atoms with Gasteiger partial charge in [0.25, 0.3) is 0 Å². The minimum Gasteiger partial charge on any atom is -0.496 e. The van der Waals surface area contributed by atoms with Gasteiger partial charge in [0.15, 0.2) is 0 Å². The van der Waals surface area contributed by atoms with Gasteiger partial charge in [-0.3, -0.25) is 4.79 Å². The third kappa shape index (κ3) is 3.34. The number of likely N-dealkylation sites (tertiary alicyclic amines) is 1. The van der Waals surface area contributed by atoms with E-state index in [2.05, 4.69) is 6.92 Å². The first-order valence-electron chi connectivity index (χ1n) is 8.34. The van der Waals surface area contributed by atoms with E-state index in [0.717, 1.165) is 38.1 Å². The van der Waals surface area contributed by atoms with Crippen molar-refractivity contribution in [2.75, 3.05) is 26.8 Å². The zero-order valence-electron chi connectivity index (χ0n) is 13.8. The van der Waals surface area contributed by atoms with E-state index in [1.54, 1.807) is 6.07 Å². The number of fused-ring (bicyclic) bond motifs is 1. The average Bonchev–Trinajstić information content (AvgIpc) is 2.98. The fourth-order valence-corrected chi connectivity index (χ4v) is 3.87. The summed E-state index contributed by atoms with van der Waals surface area (Å²) in [5.41, 5.74) is 0.732. The van der Waals surface area contributed by atoms with Crippen LogP contribution >= 0.6 is 0 Å². The molecule has 1 amide bonds. The summed E-state index contributed by atoms with van der Waals surface area (Å²) in [6, 6.07) is 4.32. The van der Waals surface area contributed by atoms with E-state index < -0.39 is 0 Å². The van der Waals surface area contributed by atoms with E-state index in [0.29, 0.717) is 23.7 Å². The van der Waals surface area contributed by atoms with Crippen LogP contribution in [-0.4, -0.2) is 43.7 Å². The number of carbonyl (C=O) groups excluding carboxylic acids is 1. The molecule has 0 aliphatic carbocycles. The largest absolute Gasteiger partial charge is 0.496 e. The van der Waals surface area contributed by atoms with Gasteiger partial charge in [0, 0.05) is 30.6 Å².